The maximum atomic E-state index is 13.5. The zero-order valence-corrected chi connectivity index (χ0v) is 12.1. The lowest BCUT2D eigenvalue weighted by Gasteiger charge is -2.15. The van der Waals surface area contributed by atoms with Crippen LogP contribution in [0.25, 0.3) is 0 Å². The number of hydrogen-bond donors (Lipinski definition) is 1. The van der Waals surface area contributed by atoms with Gasteiger partial charge in [0.1, 0.15) is 17.2 Å². The minimum absolute atomic E-state index is 0.195. The second kappa shape index (κ2) is 6.60. The standard InChI is InChI=1S/C12H13BrF2N2O2/c1-3-17(2)10(18)6-16-12(19)11-8(14)4-7(13)5-9(11)15/h4-5H,3,6H2,1-2H3,(H,16,19). The number of carbonyl (C=O) groups excluding carboxylic acids is 2. The summed E-state index contributed by atoms with van der Waals surface area (Å²) in [5, 5.41) is 2.19. The van der Waals surface area contributed by atoms with Crippen molar-refractivity contribution in [3.63, 3.8) is 0 Å². The monoisotopic (exact) mass is 334 g/mol. The summed E-state index contributed by atoms with van der Waals surface area (Å²) in [5.41, 5.74) is -0.699. The van der Waals surface area contributed by atoms with E-state index in [0.717, 1.165) is 12.1 Å². The molecule has 0 heterocycles. The van der Waals surface area contributed by atoms with Crippen LogP contribution >= 0.6 is 15.9 Å². The first-order chi connectivity index (χ1) is 8.86. The molecule has 0 saturated heterocycles. The number of carbonyl (C=O) groups is 2. The van der Waals surface area contributed by atoms with Crippen LogP contribution in [-0.4, -0.2) is 36.9 Å². The van der Waals surface area contributed by atoms with Gasteiger partial charge in [-0.2, -0.15) is 0 Å². The van der Waals surface area contributed by atoms with Gasteiger partial charge >= 0.3 is 0 Å². The van der Waals surface area contributed by atoms with Crippen molar-refractivity contribution < 1.29 is 18.4 Å². The molecule has 2 amide bonds. The van der Waals surface area contributed by atoms with Gasteiger partial charge < -0.3 is 10.2 Å². The van der Waals surface area contributed by atoms with Crippen LogP contribution in [0.3, 0.4) is 0 Å². The third-order valence-electron chi connectivity index (χ3n) is 2.53. The highest BCUT2D eigenvalue weighted by atomic mass is 79.9. The van der Waals surface area contributed by atoms with Crippen molar-refractivity contribution in [1.82, 2.24) is 10.2 Å². The molecule has 1 N–H and O–H groups in total. The van der Waals surface area contributed by atoms with Crippen LogP contribution in [0.1, 0.15) is 17.3 Å². The molecule has 1 aromatic rings. The summed E-state index contributed by atoms with van der Waals surface area (Å²) in [4.78, 5) is 24.5. The largest absolute Gasteiger partial charge is 0.345 e. The fourth-order valence-corrected chi connectivity index (χ4v) is 1.72. The normalized spacial score (nSPS) is 10.2. The van der Waals surface area contributed by atoms with Gasteiger partial charge in [-0.3, -0.25) is 9.59 Å². The first-order valence-electron chi connectivity index (χ1n) is 5.53. The van der Waals surface area contributed by atoms with E-state index in [2.05, 4.69) is 21.2 Å². The van der Waals surface area contributed by atoms with E-state index in [4.69, 9.17) is 0 Å². The second-order valence-electron chi connectivity index (χ2n) is 3.84. The number of nitrogens with zero attached hydrogens (tertiary/aromatic N) is 1. The maximum absolute atomic E-state index is 13.5. The fourth-order valence-electron chi connectivity index (χ4n) is 1.31. The average Bonchev–Trinajstić information content (AvgIpc) is 2.33. The van der Waals surface area contributed by atoms with Crippen LogP contribution in [-0.2, 0) is 4.79 Å². The molecule has 0 bridgehead atoms. The molecule has 0 radical (unpaired) electrons. The molecule has 0 fully saturated rings. The van der Waals surface area contributed by atoms with E-state index >= 15 is 0 Å². The van der Waals surface area contributed by atoms with Crippen molar-refractivity contribution >= 4 is 27.7 Å². The number of rotatable bonds is 4. The van der Waals surface area contributed by atoms with Crippen molar-refractivity contribution in [2.45, 2.75) is 6.92 Å². The lowest BCUT2D eigenvalue weighted by molar-refractivity contribution is -0.128. The lowest BCUT2D eigenvalue weighted by atomic mass is 10.2. The van der Waals surface area contributed by atoms with Crippen molar-refractivity contribution in [3.05, 3.63) is 33.8 Å². The highest BCUT2D eigenvalue weighted by molar-refractivity contribution is 9.10. The first-order valence-corrected chi connectivity index (χ1v) is 6.32. The average molecular weight is 335 g/mol. The third kappa shape index (κ3) is 3.99. The Morgan fingerprint density at radius 2 is 1.84 bits per heavy atom. The van der Waals surface area contributed by atoms with Gasteiger partial charge in [-0.05, 0) is 19.1 Å². The van der Waals surface area contributed by atoms with Crippen LogP contribution in [0.2, 0.25) is 0 Å². The summed E-state index contributed by atoms with van der Waals surface area (Å²) in [6.45, 7) is 1.95. The Morgan fingerprint density at radius 1 is 1.32 bits per heavy atom. The summed E-state index contributed by atoms with van der Waals surface area (Å²) < 4.78 is 27.2. The minimum atomic E-state index is -0.985. The van der Waals surface area contributed by atoms with E-state index in [1.807, 2.05) is 0 Å². The van der Waals surface area contributed by atoms with Crippen LogP contribution < -0.4 is 5.32 Å². The summed E-state index contributed by atoms with van der Waals surface area (Å²) in [6, 6.07) is 1.97. The number of amides is 2. The number of halogens is 3. The number of hydrogen-bond acceptors (Lipinski definition) is 2. The topological polar surface area (TPSA) is 49.4 Å². The van der Waals surface area contributed by atoms with Gasteiger partial charge in [-0.15, -0.1) is 0 Å². The molecule has 0 aromatic heterocycles. The number of likely N-dealkylation sites (N-methyl/N-ethyl adjacent to an activating group) is 1. The van der Waals surface area contributed by atoms with Crippen molar-refractivity contribution in [2.24, 2.45) is 0 Å². The Balaban J connectivity index is 2.77. The molecule has 104 valence electrons. The zero-order chi connectivity index (χ0) is 14.6. The minimum Gasteiger partial charge on any atom is -0.345 e. The van der Waals surface area contributed by atoms with Crippen molar-refractivity contribution in [2.75, 3.05) is 20.1 Å². The maximum Gasteiger partial charge on any atom is 0.257 e. The van der Waals surface area contributed by atoms with Crippen molar-refractivity contribution in [1.29, 1.82) is 0 Å². The van der Waals surface area contributed by atoms with Crippen LogP contribution in [0, 0.1) is 11.6 Å². The molecule has 1 aromatic carbocycles. The van der Waals surface area contributed by atoms with Gasteiger partial charge in [0, 0.05) is 18.1 Å². The molecule has 0 aliphatic rings. The second-order valence-corrected chi connectivity index (χ2v) is 4.75. The molecule has 0 atom stereocenters. The molecule has 4 nitrogen and oxygen atoms in total. The Bertz CT molecular complexity index is 485. The Kier molecular flexibility index (Phi) is 5.41. The molecular formula is C12H13BrF2N2O2. The van der Waals surface area contributed by atoms with Crippen LogP contribution in [0.15, 0.2) is 16.6 Å². The van der Waals surface area contributed by atoms with E-state index in [0.29, 0.717) is 6.54 Å². The summed E-state index contributed by atoms with van der Waals surface area (Å²) in [7, 11) is 1.56. The smallest absolute Gasteiger partial charge is 0.257 e. The molecule has 0 saturated carbocycles. The molecule has 0 unspecified atom stereocenters. The summed E-state index contributed by atoms with van der Waals surface area (Å²) in [5.74, 6) is -3.27. The lowest BCUT2D eigenvalue weighted by Crippen LogP contribution is -2.38. The van der Waals surface area contributed by atoms with Crippen molar-refractivity contribution in [3.8, 4) is 0 Å². The Hall–Kier alpha value is -1.50. The van der Waals surface area contributed by atoms with E-state index in [1.165, 1.54) is 4.90 Å². The molecule has 0 aliphatic heterocycles. The number of nitrogens with one attached hydrogen (secondary N) is 1. The molecular weight excluding hydrogens is 322 g/mol. The fraction of sp³-hybridized carbons (Fsp3) is 0.333. The molecule has 7 heteroatoms. The van der Waals surface area contributed by atoms with Crippen LogP contribution in [0.4, 0.5) is 8.78 Å². The highest BCUT2D eigenvalue weighted by Crippen LogP contribution is 2.19. The highest BCUT2D eigenvalue weighted by Gasteiger charge is 2.19. The van der Waals surface area contributed by atoms with Gasteiger partial charge in [0.05, 0.1) is 6.54 Å². The predicted molar refractivity (Wildman–Crippen MR) is 69.7 cm³/mol. The molecule has 0 spiro atoms. The van der Waals surface area contributed by atoms with E-state index in [1.54, 1.807) is 14.0 Å². The number of benzene rings is 1. The van der Waals surface area contributed by atoms with Crippen LogP contribution in [0.5, 0.6) is 0 Å². The Labute approximate surface area is 117 Å². The zero-order valence-electron chi connectivity index (χ0n) is 10.5. The van der Waals surface area contributed by atoms with Gasteiger partial charge in [-0.25, -0.2) is 8.78 Å². The van der Waals surface area contributed by atoms with Gasteiger partial charge in [0.2, 0.25) is 5.91 Å². The molecule has 1 rings (SSSR count). The molecule has 0 aliphatic carbocycles. The van der Waals surface area contributed by atoms with E-state index in [9.17, 15) is 18.4 Å². The summed E-state index contributed by atoms with van der Waals surface area (Å²) in [6.07, 6.45) is 0. The SMILES string of the molecule is CCN(C)C(=O)CNC(=O)c1c(F)cc(Br)cc1F. The summed E-state index contributed by atoms with van der Waals surface area (Å²) >= 11 is 2.91. The van der Waals surface area contributed by atoms with E-state index < -0.39 is 23.1 Å². The van der Waals surface area contributed by atoms with E-state index in [-0.39, 0.29) is 16.9 Å². The predicted octanol–water partition coefficient (Wildman–Crippen LogP) is 1.94. The third-order valence-corrected chi connectivity index (χ3v) is 2.99. The first kappa shape index (κ1) is 15.6. The van der Waals surface area contributed by atoms with Gasteiger partial charge in [0.25, 0.3) is 5.91 Å². The van der Waals surface area contributed by atoms with Gasteiger partial charge in [-0.1, -0.05) is 15.9 Å². The Morgan fingerprint density at radius 3 is 2.32 bits per heavy atom. The quantitative estimate of drug-likeness (QED) is 0.914. The van der Waals surface area contributed by atoms with Gasteiger partial charge in [0.15, 0.2) is 0 Å². The molecule has 19 heavy (non-hydrogen) atoms.